The summed E-state index contributed by atoms with van der Waals surface area (Å²) in [6.07, 6.45) is 7.15. The van der Waals surface area contributed by atoms with Gasteiger partial charge in [-0.2, -0.15) is 4.52 Å². The summed E-state index contributed by atoms with van der Waals surface area (Å²) < 4.78 is 1.49. The van der Waals surface area contributed by atoms with Gasteiger partial charge in [0.15, 0.2) is 5.65 Å². The minimum Gasteiger partial charge on any atom is -0.348 e. The first-order valence-electron chi connectivity index (χ1n) is 11.0. The van der Waals surface area contributed by atoms with E-state index in [2.05, 4.69) is 30.6 Å². The Kier molecular flexibility index (Phi) is 5.14. The Balaban J connectivity index is 1.20. The molecule has 160 valence electrons. The van der Waals surface area contributed by atoms with Crippen molar-refractivity contribution in [2.24, 2.45) is 17.8 Å². The number of hydrogen-bond acceptors (Lipinski definition) is 6. The molecule has 2 saturated heterocycles. The number of nitrogens with zero attached hydrogens (tertiary/aromatic N) is 6. The molecule has 0 radical (unpaired) electrons. The second-order valence-electron chi connectivity index (χ2n) is 9.26. The first-order chi connectivity index (χ1) is 14.6. The summed E-state index contributed by atoms with van der Waals surface area (Å²) >= 11 is 0. The highest BCUT2D eigenvalue weighted by Gasteiger charge is 2.40. The first-order valence-corrected chi connectivity index (χ1v) is 11.0. The van der Waals surface area contributed by atoms with Gasteiger partial charge in [0.1, 0.15) is 0 Å². The largest absolute Gasteiger partial charge is 0.348 e. The topological polar surface area (TPSA) is 95.7 Å². The van der Waals surface area contributed by atoms with Gasteiger partial charge in [-0.05, 0) is 67.1 Å². The van der Waals surface area contributed by atoms with E-state index >= 15 is 0 Å². The lowest BCUT2D eigenvalue weighted by atomic mass is 10.00. The van der Waals surface area contributed by atoms with Gasteiger partial charge in [0.25, 0.3) is 5.91 Å². The van der Waals surface area contributed by atoms with Gasteiger partial charge in [-0.25, -0.2) is 0 Å². The lowest BCUT2D eigenvalue weighted by Crippen LogP contribution is -2.42. The van der Waals surface area contributed by atoms with Crippen molar-refractivity contribution in [1.82, 2.24) is 35.2 Å². The number of hydrogen-bond donors (Lipinski definition) is 1. The van der Waals surface area contributed by atoms with Crippen LogP contribution in [-0.4, -0.2) is 80.9 Å². The smallest absolute Gasteiger partial charge is 0.253 e. The fourth-order valence-corrected chi connectivity index (χ4v) is 5.55. The quantitative estimate of drug-likeness (QED) is 0.804. The minimum atomic E-state index is -0.136. The number of tetrazole rings is 1. The number of rotatable bonds is 3. The summed E-state index contributed by atoms with van der Waals surface area (Å²) in [6.45, 7) is 3.40. The molecular formula is C21H29N7O2. The van der Waals surface area contributed by atoms with Crippen molar-refractivity contribution < 1.29 is 9.59 Å². The highest BCUT2D eigenvalue weighted by atomic mass is 16.2. The number of likely N-dealkylation sites (N-methyl/N-ethyl adjacent to an activating group) is 1. The molecule has 2 aromatic rings. The van der Waals surface area contributed by atoms with E-state index in [0.29, 0.717) is 17.1 Å². The Morgan fingerprint density at radius 1 is 1.03 bits per heavy atom. The molecule has 9 heteroatoms. The fourth-order valence-electron chi connectivity index (χ4n) is 5.55. The molecule has 0 spiro atoms. The van der Waals surface area contributed by atoms with Crippen LogP contribution in [0.25, 0.3) is 5.65 Å². The molecule has 4 atom stereocenters. The van der Waals surface area contributed by atoms with Crippen LogP contribution < -0.4 is 5.32 Å². The van der Waals surface area contributed by atoms with Crippen molar-refractivity contribution in [3.8, 4) is 0 Å². The summed E-state index contributed by atoms with van der Waals surface area (Å²) in [6, 6.07) is 3.48. The summed E-state index contributed by atoms with van der Waals surface area (Å²) in [5.74, 6) is 1.65. The van der Waals surface area contributed by atoms with E-state index in [1.165, 1.54) is 23.8 Å². The van der Waals surface area contributed by atoms with Crippen LogP contribution in [0, 0.1) is 17.8 Å². The Morgan fingerprint density at radius 2 is 1.83 bits per heavy atom. The molecule has 9 nitrogen and oxygen atoms in total. The predicted molar refractivity (Wildman–Crippen MR) is 110 cm³/mol. The number of nitrogens with one attached hydrogen (secondary N) is 1. The zero-order valence-electron chi connectivity index (χ0n) is 17.4. The normalized spacial score (nSPS) is 29.7. The Morgan fingerprint density at radius 3 is 2.63 bits per heavy atom. The monoisotopic (exact) mass is 411 g/mol. The molecule has 0 aromatic carbocycles. The summed E-state index contributed by atoms with van der Waals surface area (Å²) in [5, 5.41) is 14.4. The molecule has 3 aliphatic rings. The fraction of sp³-hybridized carbons (Fsp3) is 0.667. The van der Waals surface area contributed by atoms with E-state index in [1.54, 1.807) is 18.3 Å². The Bertz CT molecular complexity index is 932. The number of carbonyl (C=O) groups excluding carboxylic acids is 2. The van der Waals surface area contributed by atoms with Crippen LogP contribution in [0.1, 0.15) is 42.5 Å². The number of pyridine rings is 1. The van der Waals surface area contributed by atoms with Crippen LogP contribution in [-0.2, 0) is 4.79 Å². The molecule has 1 aliphatic carbocycles. The zero-order valence-corrected chi connectivity index (χ0v) is 17.4. The maximum atomic E-state index is 13.2. The molecule has 30 heavy (non-hydrogen) atoms. The molecule has 1 N–H and O–H groups in total. The van der Waals surface area contributed by atoms with E-state index in [-0.39, 0.29) is 17.9 Å². The first kappa shape index (κ1) is 19.4. The maximum absolute atomic E-state index is 13.2. The average molecular weight is 412 g/mol. The lowest BCUT2D eigenvalue weighted by Gasteiger charge is -2.25. The summed E-state index contributed by atoms with van der Waals surface area (Å²) in [7, 11) is 2.04. The molecule has 0 bridgehead atoms. The van der Waals surface area contributed by atoms with Crippen molar-refractivity contribution in [1.29, 1.82) is 0 Å². The zero-order chi connectivity index (χ0) is 20.7. The van der Waals surface area contributed by atoms with Crippen molar-refractivity contribution in [2.45, 2.75) is 38.1 Å². The van der Waals surface area contributed by atoms with Gasteiger partial charge in [0.2, 0.25) is 5.91 Å². The summed E-state index contributed by atoms with van der Waals surface area (Å²) in [5.41, 5.74) is 1.13. The van der Waals surface area contributed by atoms with Gasteiger partial charge < -0.3 is 15.1 Å². The molecule has 2 aromatic heterocycles. The average Bonchev–Trinajstić information content (AvgIpc) is 3.42. The molecule has 2 aliphatic heterocycles. The van der Waals surface area contributed by atoms with Crippen LogP contribution in [0.5, 0.6) is 0 Å². The van der Waals surface area contributed by atoms with Crippen LogP contribution >= 0.6 is 0 Å². The second kappa shape index (κ2) is 7.94. The van der Waals surface area contributed by atoms with Crippen molar-refractivity contribution in [2.75, 3.05) is 33.2 Å². The van der Waals surface area contributed by atoms with Crippen LogP contribution in [0.2, 0.25) is 0 Å². The SMILES string of the molecule is CN1C[C@@H](NC(=O)c2ccc3nnnn3c2)CC[C@@H](C(=O)N2C[C@H]3CCC[C@H]3C2)C1. The van der Waals surface area contributed by atoms with Crippen LogP contribution in [0.15, 0.2) is 18.3 Å². The van der Waals surface area contributed by atoms with Gasteiger partial charge >= 0.3 is 0 Å². The van der Waals surface area contributed by atoms with Crippen molar-refractivity contribution in [3.63, 3.8) is 0 Å². The minimum absolute atomic E-state index is 0.0165. The van der Waals surface area contributed by atoms with Gasteiger partial charge in [-0.15, -0.1) is 5.10 Å². The van der Waals surface area contributed by atoms with E-state index in [4.69, 9.17) is 0 Å². The Hall–Kier alpha value is -2.55. The molecule has 3 fully saturated rings. The van der Waals surface area contributed by atoms with E-state index < -0.39 is 0 Å². The second-order valence-corrected chi connectivity index (χ2v) is 9.26. The Labute approximate surface area is 175 Å². The third kappa shape index (κ3) is 3.78. The molecular weight excluding hydrogens is 382 g/mol. The highest BCUT2D eigenvalue weighted by molar-refractivity contribution is 5.94. The maximum Gasteiger partial charge on any atom is 0.253 e. The van der Waals surface area contributed by atoms with E-state index in [9.17, 15) is 9.59 Å². The van der Waals surface area contributed by atoms with E-state index in [0.717, 1.165) is 50.9 Å². The summed E-state index contributed by atoms with van der Waals surface area (Å²) in [4.78, 5) is 30.2. The van der Waals surface area contributed by atoms with Gasteiger partial charge in [-0.1, -0.05) is 6.42 Å². The van der Waals surface area contributed by atoms with Crippen LogP contribution in [0.4, 0.5) is 0 Å². The molecule has 5 rings (SSSR count). The third-order valence-electron chi connectivity index (χ3n) is 7.10. The van der Waals surface area contributed by atoms with Gasteiger partial charge in [0.05, 0.1) is 11.5 Å². The number of carbonyl (C=O) groups is 2. The van der Waals surface area contributed by atoms with Crippen molar-refractivity contribution in [3.05, 3.63) is 23.9 Å². The van der Waals surface area contributed by atoms with Crippen molar-refractivity contribution >= 4 is 17.5 Å². The van der Waals surface area contributed by atoms with Gasteiger partial charge in [-0.3, -0.25) is 9.59 Å². The molecule has 1 saturated carbocycles. The third-order valence-corrected chi connectivity index (χ3v) is 7.10. The molecule has 0 unspecified atom stereocenters. The number of aromatic nitrogens is 4. The van der Waals surface area contributed by atoms with Gasteiger partial charge in [0, 0.05) is 38.4 Å². The highest BCUT2D eigenvalue weighted by Crippen LogP contribution is 2.38. The standard InChI is InChI=1S/C21H29N7O2/c1-26-9-17(21(30)27-10-14-3-2-4-15(14)11-27)5-7-18(13-26)22-20(29)16-6-8-19-23-24-25-28(19)12-16/h6,8,12,14-15,17-18H,2-5,7,9-11,13H2,1H3,(H,22,29)/t14-,15+,17-,18+/m1/s1. The number of likely N-dealkylation sites (tertiary alicyclic amines) is 2. The van der Waals surface area contributed by atoms with E-state index in [1.807, 2.05) is 7.05 Å². The molecule has 2 amide bonds. The molecule has 4 heterocycles. The number of amides is 2. The lowest BCUT2D eigenvalue weighted by molar-refractivity contribution is -0.135. The van der Waals surface area contributed by atoms with Crippen LogP contribution in [0.3, 0.4) is 0 Å². The predicted octanol–water partition coefficient (Wildman–Crippen LogP) is 0.823. The number of fused-ring (bicyclic) bond motifs is 2.